The highest BCUT2D eigenvalue weighted by atomic mass is 32.2. The molecule has 24 heavy (non-hydrogen) atoms. The number of carbonyl (C=O) groups is 1. The lowest BCUT2D eigenvalue weighted by Gasteiger charge is -2.18. The number of nitrogens with one attached hydrogen (secondary N) is 2. The molecule has 0 aliphatic carbocycles. The third kappa shape index (κ3) is 4.56. The van der Waals surface area contributed by atoms with Gasteiger partial charge in [0.05, 0.1) is 11.4 Å². The van der Waals surface area contributed by atoms with Crippen LogP contribution >= 0.6 is 11.3 Å². The van der Waals surface area contributed by atoms with Crippen molar-refractivity contribution in [1.29, 1.82) is 0 Å². The van der Waals surface area contributed by atoms with Crippen LogP contribution in [0.4, 0.5) is 10.5 Å². The van der Waals surface area contributed by atoms with E-state index in [-0.39, 0.29) is 10.9 Å². The van der Waals surface area contributed by atoms with E-state index >= 15 is 0 Å². The van der Waals surface area contributed by atoms with Crippen LogP contribution in [0.15, 0.2) is 46.7 Å². The number of urea groups is 1. The Bertz CT molecular complexity index is 752. The van der Waals surface area contributed by atoms with Crippen LogP contribution in [0.25, 0.3) is 0 Å². The van der Waals surface area contributed by atoms with Gasteiger partial charge in [0, 0.05) is 23.7 Å². The van der Waals surface area contributed by atoms with E-state index in [4.69, 9.17) is 0 Å². The Morgan fingerprint density at radius 1 is 1.12 bits per heavy atom. The van der Waals surface area contributed by atoms with Crippen molar-refractivity contribution in [1.82, 2.24) is 9.62 Å². The highest BCUT2D eigenvalue weighted by Gasteiger charge is 2.21. The zero-order chi connectivity index (χ0) is 17.6. The number of rotatable bonds is 7. The summed E-state index contributed by atoms with van der Waals surface area (Å²) in [4.78, 5) is 13.1. The largest absolute Gasteiger partial charge is 0.333 e. The molecule has 0 bridgehead atoms. The average molecular weight is 367 g/mol. The van der Waals surface area contributed by atoms with E-state index in [0.29, 0.717) is 25.3 Å². The van der Waals surface area contributed by atoms with Crippen LogP contribution in [0.5, 0.6) is 0 Å². The summed E-state index contributed by atoms with van der Waals surface area (Å²) in [6.45, 7) is 4.90. The van der Waals surface area contributed by atoms with Gasteiger partial charge in [0.25, 0.3) is 0 Å². The lowest BCUT2D eigenvalue weighted by molar-refractivity contribution is 0.252. The van der Waals surface area contributed by atoms with Crippen LogP contribution in [0.3, 0.4) is 0 Å². The Morgan fingerprint density at radius 3 is 2.33 bits per heavy atom. The maximum atomic E-state index is 12.4. The van der Waals surface area contributed by atoms with Crippen LogP contribution in [-0.2, 0) is 16.6 Å². The molecule has 1 aromatic heterocycles. The van der Waals surface area contributed by atoms with Gasteiger partial charge < -0.3 is 10.6 Å². The molecule has 0 saturated heterocycles. The molecule has 2 rings (SSSR count). The number of amides is 2. The summed E-state index contributed by atoms with van der Waals surface area (Å²) in [5.74, 6) is 0. The molecule has 0 radical (unpaired) electrons. The van der Waals surface area contributed by atoms with E-state index in [2.05, 4.69) is 10.6 Å². The standard InChI is InChI=1S/C16H21N3O3S2/c1-3-19(4-2)24(21,22)15-9-7-13(8-10-15)18-16(20)17-12-14-6-5-11-23-14/h5-11H,3-4,12H2,1-2H3,(H2,17,18,20). The minimum absolute atomic E-state index is 0.218. The van der Waals surface area contributed by atoms with Gasteiger partial charge >= 0.3 is 6.03 Å². The van der Waals surface area contributed by atoms with Crippen LogP contribution in [0, 0.1) is 0 Å². The van der Waals surface area contributed by atoms with Crippen molar-refractivity contribution in [3.05, 3.63) is 46.7 Å². The van der Waals surface area contributed by atoms with Gasteiger partial charge in [0.1, 0.15) is 0 Å². The van der Waals surface area contributed by atoms with Crippen molar-refractivity contribution in [2.45, 2.75) is 25.3 Å². The first-order valence-corrected chi connectivity index (χ1v) is 9.96. The maximum Gasteiger partial charge on any atom is 0.319 e. The van der Waals surface area contributed by atoms with Crippen molar-refractivity contribution >= 4 is 33.1 Å². The molecule has 0 fully saturated rings. The zero-order valence-electron chi connectivity index (χ0n) is 13.7. The number of anilines is 1. The number of sulfonamides is 1. The molecule has 2 amide bonds. The topological polar surface area (TPSA) is 78.5 Å². The second-order valence-electron chi connectivity index (χ2n) is 5.00. The van der Waals surface area contributed by atoms with Crippen molar-refractivity contribution in [3.63, 3.8) is 0 Å². The molecule has 2 aromatic rings. The molecular weight excluding hydrogens is 346 g/mol. The predicted octanol–water partition coefficient (Wildman–Crippen LogP) is 3.10. The normalized spacial score (nSPS) is 11.5. The molecule has 1 heterocycles. The van der Waals surface area contributed by atoms with Crippen LogP contribution in [0.1, 0.15) is 18.7 Å². The molecule has 0 aliphatic rings. The van der Waals surface area contributed by atoms with Gasteiger partial charge in [-0.1, -0.05) is 19.9 Å². The molecule has 8 heteroatoms. The Kier molecular flexibility index (Phi) is 6.36. The highest BCUT2D eigenvalue weighted by molar-refractivity contribution is 7.89. The number of carbonyl (C=O) groups excluding carboxylic acids is 1. The highest BCUT2D eigenvalue weighted by Crippen LogP contribution is 2.18. The van der Waals surface area contributed by atoms with Gasteiger partial charge in [-0.25, -0.2) is 13.2 Å². The Balaban J connectivity index is 1.97. The molecule has 0 spiro atoms. The van der Waals surface area contributed by atoms with Gasteiger partial charge in [-0.15, -0.1) is 11.3 Å². The number of hydrogen-bond acceptors (Lipinski definition) is 4. The lowest BCUT2D eigenvalue weighted by atomic mass is 10.3. The first kappa shape index (κ1) is 18.4. The third-order valence-corrected chi connectivity index (χ3v) is 6.40. The minimum atomic E-state index is -3.48. The quantitative estimate of drug-likeness (QED) is 0.789. The van der Waals surface area contributed by atoms with Gasteiger partial charge in [-0.2, -0.15) is 4.31 Å². The molecule has 130 valence electrons. The van der Waals surface area contributed by atoms with E-state index in [0.717, 1.165) is 4.88 Å². The summed E-state index contributed by atoms with van der Waals surface area (Å²) in [5.41, 5.74) is 0.539. The molecule has 1 aromatic carbocycles. The molecule has 0 atom stereocenters. The Hall–Kier alpha value is -1.90. The molecule has 6 nitrogen and oxygen atoms in total. The summed E-state index contributed by atoms with van der Waals surface area (Å²) >= 11 is 1.57. The summed E-state index contributed by atoms with van der Waals surface area (Å²) in [6, 6.07) is 9.71. The maximum absolute atomic E-state index is 12.4. The monoisotopic (exact) mass is 367 g/mol. The van der Waals surface area contributed by atoms with Gasteiger partial charge in [0.15, 0.2) is 0 Å². The van der Waals surface area contributed by atoms with E-state index in [1.54, 1.807) is 37.3 Å². The predicted molar refractivity (Wildman–Crippen MR) is 96.7 cm³/mol. The minimum Gasteiger partial charge on any atom is -0.333 e. The second kappa shape index (κ2) is 8.27. The van der Waals surface area contributed by atoms with E-state index in [1.807, 2.05) is 17.5 Å². The van der Waals surface area contributed by atoms with Gasteiger partial charge in [0.2, 0.25) is 10.0 Å². The third-order valence-electron chi connectivity index (χ3n) is 3.46. The number of hydrogen-bond donors (Lipinski definition) is 2. The lowest BCUT2D eigenvalue weighted by Crippen LogP contribution is -2.30. The molecule has 0 unspecified atom stereocenters. The molecule has 0 aliphatic heterocycles. The van der Waals surface area contributed by atoms with Crippen molar-refractivity contribution in [2.24, 2.45) is 0 Å². The van der Waals surface area contributed by atoms with E-state index in [1.165, 1.54) is 16.4 Å². The first-order chi connectivity index (χ1) is 11.5. The van der Waals surface area contributed by atoms with Crippen molar-refractivity contribution < 1.29 is 13.2 Å². The zero-order valence-corrected chi connectivity index (χ0v) is 15.3. The smallest absolute Gasteiger partial charge is 0.319 e. The van der Waals surface area contributed by atoms with Gasteiger partial charge in [-0.3, -0.25) is 0 Å². The van der Waals surface area contributed by atoms with Crippen LogP contribution < -0.4 is 10.6 Å². The Labute approximate surface area is 146 Å². The second-order valence-corrected chi connectivity index (χ2v) is 7.97. The number of benzene rings is 1. The summed E-state index contributed by atoms with van der Waals surface area (Å²) < 4.78 is 26.2. The average Bonchev–Trinajstić information content (AvgIpc) is 3.08. The summed E-state index contributed by atoms with van der Waals surface area (Å²) in [5, 5.41) is 7.38. The van der Waals surface area contributed by atoms with E-state index < -0.39 is 10.0 Å². The van der Waals surface area contributed by atoms with Crippen molar-refractivity contribution in [2.75, 3.05) is 18.4 Å². The van der Waals surface area contributed by atoms with Crippen LogP contribution in [0.2, 0.25) is 0 Å². The van der Waals surface area contributed by atoms with E-state index in [9.17, 15) is 13.2 Å². The molecular formula is C16H21N3O3S2. The van der Waals surface area contributed by atoms with Crippen LogP contribution in [-0.4, -0.2) is 31.8 Å². The fourth-order valence-corrected chi connectivity index (χ4v) is 4.28. The SMILES string of the molecule is CCN(CC)S(=O)(=O)c1ccc(NC(=O)NCc2cccs2)cc1. The fraction of sp³-hybridized carbons (Fsp3) is 0.312. The summed E-state index contributed by atoms with van der Waals surface area (Å²) in [7, 11) is -3.48. The summed E-state index contributed by atoms with van der Waals surface area (Å²) in [6.07, 6.45) is 0. The first-order valence-electron chi connectivity index (χ1n) is 7.64. The van der Waals surface area contributed by atoms with Crippen molar-refractivity contribution in [3.8, 4) is 0 Å². The van der Waals surface area contributed by atoms with Gasteiger partial charge in [-0.05, 0) is 35.7 Å². The number of nitrogens with zero attached hydrogens (tertiary/aromatic N) is 1. The fourth-order valence-electron chi connectivity index (χ4n) is 2.18. The number of thiophene rings is 1. The Morgan fingerprint density at radius 2 is 1.79 bits per heavy atom. The molecule has 0 saturated carbocycles. The molecule has 2 N–H and O–H groups in total.